The van der Waals surface area contributed by atoms with E-state index in [4.69, 9.17) is 9.47 Å². The first-order valence-electron chi connectivity index (χ1n) is 11.6. The van der Waals surface area contributed by atoms with E-state index in [0.717, 1.165) is 31.4 Å². The van der Waals surface area contributed by atoms with Crippen molar-refractivity contribution < 1.29 is 45.4 Å². The molecule has 3 N–H and O–H groups in total. The zero-order chi connectivity index (χ0) is 29.4. The van der Waals surface area contributed by atoms with Gasteiger partial charge in [-0.3, -0.25) is 9.52 Å². The van der Waals surface area contributed by atoms with Gasteiger partial charge in [0.1, 0.15) is 5.69 Å². The zero-order valence-corrected chi connectivity index (χ0v) is 22.0. The smallest absolute Gasteiger partial charge is 0.416 e. The minimum atomic E-state index is -4.58. The van der Waals surface area contributed by atoms with Crippen LogP contribution in [-0.2, 0) is 30.5 Å². The van der Waals surface area contributed by atoms with E-state index >= 15 is 0 Å². The number of anilines is 2. The highest BCUT2D eigenvalue weighted by atomic mass is 32.2. The molecule has 0 aliphatic carbocycles. The predicted octanol–water partition coefficient (Wildman–Crippen LogP) is 4.60. The number of carbonyl (C=O) groups is 3. The molecule has 2 heterocycles. The van der Waals surface area contributed by atoms with Gasteiger partial charge in [-0.2, -0.15) is 13.2 Å². The van der Waals surface area contributed by atoms with Crippen molar-refractivity contribution in [3.05, 3.63) is 76.1 Å². The molecule has 1 aliphatic rings. The number of benzene rings is 2. The van der Waals surface area contributed by atoms with Crippen molar-refractivity contribution in [2.24, 2.45) is 0 Å². The highest BCUT2D eigenvalue weighted by Crippen LogP contribution is 2.36. The molecular formula is C26H22F3N3O7S. The Morgan fingerprint density at radius 2 is 1.75 bits per heavy atom. The third kappa shape index (κ3) is 5.43. The van der Waals surface area contributed by atoms with Crippen molar-refractivity contribution in [2.75, 3.05) is 23.8 Å². The number of hydrogen-bond donors (Lipinski definition) is 3. The lowest BCUT2D eigenvalue weighted by Gasteiger charge is -2.11. The fraction of sp³-hybridized carbons (Fsp3) is 0.192. The SMILES string of the molecule is CCOC(=O)c1[nH]c(C=C2C(=O)Nc3ccc(S(=O)(=O)Nc4ccc(C(F)(F)F)cc4)cc32)c(C(=O)OC)c1C. The minimum Gasteiger partial charge on any atom is -0.465 e. The summed E-state index contributed by atoms with van der Waals surface area (Å²) >= 11 is 0. The van der Waals surface area contributed by atoms with Crippen LogP contribution in [0.3, 0.4) is 0 Å². The molecule has 0 spiro atoms. The number of alkyl halides is 3. The molecule has 0 saturated carbocycles. The standard InChI is InChI=1S/C26H22F3N3O7S/c1-4-39-25(35)22-13(2)21(24(34)38-3)20(30-22)12-18-17-11-16(9-10-19(17)31-23(18)33)40(36,37)32-15-7-5-14(6-8-15)26(27,28)29/h5-12,30,32H,4H2,1-3H3,(H,31,33). The summed E-state index contributed by atoms with van der Waals surface area (Å²) in [5, 5.41) is 2.59. The maximum absolute atomic E-state index is 13.0. The van der Waals surface area contributed by atoms with Crippen molar-refractivity contribution in [1.82, 2.24) is 4.98 Å². The summed E-state index contributed by atoms with van der Waals surface area (Å²) in [7, 11) is -3.14. The van der Waals surface area contributed by atoms with Gasteiger partial charge in [-0.25, -0.2) is 18.0 Å². The van der Waals surface area contributed by atoms with E-state index in [1.54, 1.807) is 6.92 Å². The van der Waals surface area contributed by atoms with Crippen molar-refractivity contribution >= 4 is 50.9 Å². The highest BCUT2D eigenvalue weighted by Gasteiger charge is 2.31. The van der Waals surface area contributed by atoms with Gasteiger partial charge in [0.15, 0.2) is 0 Å². The summed E-state index contributed by atoms with van der Waals surface area (Å²) in [5.74, 6) is -2.12. The molecule has 0 atom stereocenters. The van der Waals surface area contributed by atoms with Gasteiger partial charge in [0.25, 0.3) is 15.9 Å². The molecule has 3 aromatic rings. The lowest BCUT2D eigenvalue weighted by Crippen LogP contribution is -2.13. The summed E-state index contributed by atoms with van der Waals surface area (Å²) in [6.45, 7) is 3.18. The Labute approximate surface area is 226 Å². The number of methoxy groups -OCH3 is 1. The van der Waals surface area contributed by atoms with Crippen LogP contribution < -0.4 is 10.0 Å². The summed E-state index contributed by atoms with van der Waals surface area (Å²) in [5.41, 5.74) is -0.382. The number of H-pyrrole nitrogens is 1. The summed E-state index contributed by atoms with van der Waals surface area (Å²) in [4.78, 5) is 40.2. The Morgan fingerprint density at radius 1 is 1.07 bits per heavy atom. The maximum atomic E-state index is 13.0. The Kier molecular flexibility index (Phi) is 7.48. The minimum absolute atomic E-state index is 0.0213. The Balaban J connectivity index is 1.74. The van der Waals surface area contributed by atoms with E-state index in [0.29, 0.717) is 0 Å². The Hall–Kier alpha value is -4.59. The first-order chi connectivity index (χ1) is 18.8. The molecule has 1 aliphatic heterocycles. The van der Waals surface area contributed by atoms with Gasteiger partial charge in [0, 0.05) is 16.9 Å². The van der Waals surface area contributed by atoms with Crippen LogP contribution in [-0.4, -0.2) is 45.0 Å². The summed E-state index contributed by atoms with van der Waals surface area (Å²) in [6.07, 6.45) is -3.30. The predicted molar refractivity (Wildman–Crippen MR) is 138 cm³/mol. The number of carbonyl (C=O) groups excluding carboxylic acids is 3. The van der Waals surface area contributed by atoms with Crippen molar-refractivity contribution in [2.45, 2.75) is 24.9 Å². The second-order valence-electron chi connectivity index (χ2n) is 8.53. The number of amides is 1. The molecular weight excluding hydrogens is 555 g/mol. The zero-order valence-electron chi connectivity index (χ0n) is 21.2. The molecule has 0 saturated heterocycles. The number of aromatic nitrogens is 1. The molecule has 2 aromatic carbocycles. The molecule has 1 aromatic heterocycles. The monoisotopic (exact) mass is 577 g/mol. The second-order valence-corrected chi connectivity index (χ2v) is 10.2. The van der Waals surface area contributed by atoms with Crippen LogP contribution in [0.4, 0.5) is 24.5 Å². The van der Waals surface area contributed by atoms with Crippen LogP contribution in [0, 0.1) is 6.92 Å². The molecule has 40 heavy (non-hydrogen) atoms. The third-order valence-electron chi connectivity index (χ3n) is 5.99. The molecule has 4 rings (SSSR count). The van der Waals surface area contributed by atoms with E-state index < -0.39 is 39.6 Å². The van der Waals surface area contributed by atoms with Gasteiger partial charge in [-0.15, -0.1) is 0 Å². The highest BCUT2D eigenvalue weighted by molar-refractivity contribution is 7.92. The number of rotatable bonds is 7. The molecule has 0 radical (unpaired) electrons. The molecule has 10 nitrogen and oxygen atoms in total. The van der Waals surface area contributed by atoms with Gasteiger partial charge in [-0.1, -0.05) is 0 Å². The van der Waals surface area contributed by atoms with Crippen LogP contribution in [0.5, 0.6) is 0 Å². The summed E-state index contributed by atoms with van der Waals surface area (Å²) in [6, 6.07) is 7.20. The summed E-state index contributed by atoms with van der Waals surface area (Å²) < 4.78 is 76.6. The van der Waals surface area contributed by atoms with Crippen molar-refractivity contribution in [1.29, 1.82) is 0 Å². The van der Waals surface area contributed by atoms with E-state index in [2.05, 4.69) is 15.0 Å². The maximum Gasteiger partial charge on any atom is 0.416 e. The number of nitrogens with one attached hydrogen (secondary N) is 3. The van der Waals surface area contributed by atoms with Gasteiger partial charge in [-0.05, 0) is 68.0 Å². The van der Waals surface area contributed by atoms with E-state index in [1.165, 1.54) is 31.2 Å². The van der Waals surface area contributed by atoms with E-state index in [9.17, 15) is 36.0 Å². The molecule has 1 amide bonds. The fourth-order valence-corrected chi connectivity index (χ4v) is 5.15. The van der Waals surface area contributed by atoms with Gasteiger partial charge < -0.3 is 19.8 Å². The lowest BCUT2D eigenvalue weighted by atomic mass is 10.0. The average molecular weight is 578 g/mol. The van der Waals surface area contributed by atoms with Crippen LogP contribution in [0.1, 0.15) is 50.2 Å². The second kappa shape index (κ2) is 10.5. The quantitative estimate of drug-likeness (QED) is 0.275. The number of fused-ring (bicyclic) bond motifs is 1. The van der Waals surface area contributed by atoms with Crippen LogP contribution in [0.25, 0.3) is 11.6 Å². The van der Waals surface area contributed by atoms with Gasteiger partial charge >= 0.3 is 18.1 Å². The van der Waals surface area contributed by atoms with Crippen molar-refractivity contribution in [3.63, 3.8) is 0 Å². The number of hydrogen-bond acceptors (Lipinski definition) is 7. The third-order valence-corrected chi connectivity index (χ3v) is 7.36. The molecule has 0 unspecified atom stereocenters. The average Bonchev–Trinajstić information content (AvgIpc) is 3.38. The topological polar surface area (TPSA) is 144 Å². The number of esters is 2. The first-order valence-corrected chi connectivity index (χ1v) is 13.1. The molecule has 0 bridgehead atoms. The molecule has 0 fully saturated rings. The lowest BCUT2D eigenvalue weighted by molar-refractivity contribution is -0.137. The number of ether oxygens (including phenoxy) is 2. The van der Waals surface area contributed by atoms with Crippen LogP contribution >= 0.6 is 0 Å². The largest absolute Gasteiger partial charge is 0.465 e. The Bertz CT molecular complexity index is 1660. The van der Waals surface area contributed by atoms with E-state index in [-0.39, 0.29) is 56.5 Å². The van der Waals surface area contributed by atoms with Crippen LogP contribution in [0.2, 0.25) is 0 Å². The number of sulfonamides is 1. The number of halogens is 3. The van der Waals surface area contributed by atoms with E-state index in [1.807, 2.05) is 0 Å². The Morgan fingerprint density at radius 3 is 2.35 bits per heavy atom. The number of aromatic amines is 1. The fourth-order valence-electron chi connectivity index (χ4n) is 4.06. The molecule has 210 valence electrons. The first kappa shape index (κ1) is 28.4. The van der Waals surface area contributed by atoms with Gasteiger partial charge in [0.05, 0.1) is 41.0 Å². The van der Waals surface area contributed by atoms with Gasteiger partial charge in [0.2, 0.25) is 0 Å². The van der Waals surface area contributed by atoms with Crippen LogP contribution in [0.15, 0.2) is 47.4 Å². The van der Waals surface area contributed by atoms with Crippen molar-refractivity contribution in [3.8, 4) is 0 Å². The normalized spacial score (nSPS) is 14.1. The molecule has 14 heteroatoms.